The molecule has 0 amide bonds. The average Bonchev–Trinajstić information content (AvgIpc) is 2.46. The molecule has 4 nitrogen and oxygen atoms in total. The number of hydrogen-bond donors (Lipinski definition) is 0. The highest BCUT2D eigenvalue weighted by Gasteiger charge is 2.35. The topological polar surface area (TPSA) is 47.9 Å². The third-order valence-electron chi connectivity index (χ3n) is 3.91. The number of nitrogens with zero attached hydrogens (tertiary/aromatic N) is 1. The lowest BCUT2D eigenvalue weighted by molar-refractivity contribution is -0.141. The van der Waals surface area contributed by atoms with Crippen LogP contribution in [0.3, 0.4) is 0 Å². The third kappa shape index (κ3) is 3.25. The van der Waals surface area contributed by atoms with Crippen molar-refractivity contribution in [2.75, 3.05) is 7.11 Å². The maximum atomic E-state index is 10.8. The Morgan fingerprint density at radius 2 is 1.80 bits per heavy atom. The highest BCUT2D eigenvalue weighted by atomic mass is 16.7. The Balaban J connectivity index is 2.10. The van der Waals surface area contributed by atoms with Gasteiger partial charge in [-0.25, -0.2) is 4.79 Å². The van der Waals surface area contributed by atoms with Crippen LogP contribution in [-0.2, 0) is 20.0 Å². The molecule has 0 aliphatic heterocycles. The maximum absolute atomic E-state index is 10.8. The van der Waals surface area contributed by atoms with Crippen LogP contribution in [-0.4, -0.2) is 18.8 Å². The molecular formula is C16H21NO3. The molecule has 0 atom stereocenters. The number of benzene rings is 1. The lowest BCUT2D eigenvalue weighted by Crippen LogP contribution is -2.34. The van der Waals surface area contributed by atoms with Crippen molar-refractivity contribution in [3.63, 3.8) is 0 Å². The predicted molar refractivity (Wildman–Crippen MR) is 77.5 cm³/mol. The summed E-state index contributed by atoms with van der Waals surface area (Å²) in [4.78, 5) is 15.5. The van der Waals surface area contributed by atoms with Crippen molar-refractivity contribution in [3.05, 3.63) is 35.4 Å². The molecule has 0 aromatic heterocycles. The molecule has 108 valence electrons. The van der Waals surface area contributed by atoms with Gasteiger partial charge in [-0.2, -0.15) is 0 Å². The zero-order valence-corrected chi connectivity index (χ0v) is 12.3. The first kappa shape index (κ1) is 14.7. The zero-order valence-electron chi connectivity index (χ0n) is 12.3. The number of hydrogen-bond acceptors (Lipinski definition) is 4. The van der Waals surface area contributed by atoms with Crippen LogP contribution in [0.2, 0.25) is 0 Å². The van der Waals surface area contributed by atoms with Gasteiger partial charge in [-0.05, 0) is 38.2 Å². The Morgan fingerprint density at radius 1 is 1.20 bits per heavy atom. The average molecular weight is 275 g/mol. The van der Waals surface area contributed by atoms with Crippen LogP contribution in [0.1, 0.15) is 43.7 Å². The molecule has 0 bridgehead atoms. The van der Waals surface area contributed by atoms with Gasteiger partial charge in [0, 0.05) is 14.0 Å². The summed E-state index contributed by atoms with van der Waals surface area (Å²) < 4.78 is 5.82. The van der Waals surface area contributed by atoms with Crippen LogP contribution < -0.4 is 0 Å². The van der Waals surface area contributed by atoms with Gasteiger partial charge in [0.1, 0.15) is 0 Å². The highest BCUT2D eigenvalue weighted by molar-refractivity contribution is 5.85. The number of oxime groups is 1. The molecule has 1 aliphatic carbocycles. The summed E-state index contributed by atoms with van der Waals surface area (Å²) in [5.41, 5.74) is 3.13. The molecule has 1 aliphatic rings. The molecule has 0 radical (unpaired) electrons. The Hall–Kier alpha value is -1.68. The summed E-state index contributed by atoms with van der Waals surface area (Å²) in [5, 5.41) is 3.90. The van der Waals surface area contributed by atoms with E-state index >= 15 is 0 Å². The third-order valence-corrected chi connectivity index (χ3v) is 3.91. The lowest BCUT2D eigenvalue weighted by atomic mass is 9.78. The zero-order chi connectivity index (χ0) is 14.6. The number of carbonyl (C=O) groups is 1. The molecule has 1 aromatic carbocycles. The quantitative estimate of drug-likeness (QED) is 0.628. The molecule has 20 heavy (non-hydrogen) atoms. The van der Waals surface area contributed by atoms with Crippen LogP contribution in [0.5, 0.6) is 0 Å². The van der Waals surface area contributed by atoms with Gasteiger partial charge in [0.25, 0.3) is 0 Å². The minimum atomic E-state index is -0.375. The van der Waals surface area contributed by atoms with E-state index in [1.54, 1.807) is 7.11 Å². The minimum Gasteiger partial charge on any atom is -0.374 e. The molecular weight excluding hydrogens is 254 g/mol. The van der Waals surface area contributed by atoms with E-state index < -0.39 is 0 Å². The van der Waals surface area contributed by atoms with E-state index in [-0.39, 0.29) is 11.6 Å². The van der Waals surface area contributed by atoms with Crippen molar-refractivity contribution in [1.82, 2.24) is 0 Å². The van der Waals surface area contributed by atoms with Gasteiger partial charge in [-0.1, -0.05) is 35.0 Å². The van der Waals surface area contributed by atoms with E-state index in [9.17, 15) is 4.79 Å². The maximum Gasteiger partial charge on any atom is 0.331 e. The Morgan fingerprint density at radius 3 is 2.30 bits per heavy atom. The molecule has 4 heteroatoms. The molecule has 1 saturated carbocycles. The van der Waals surface area contributed by atoms with Gasteiger partial charge >= 0.3 is 5.97 Å². The Bertz CT molecular complexity index is 495. The van der Waals surface area contributed by atoms with Gasteiger partial charge in [0.05, 0.1) is 11.3 Å². The smallest absolute Gasteiger partial charge is 0.331 e. The van der Waals surface area contributed by atoms with E-state index in [1.165, 1.54) is 18.1 Å². The first-order valence-corrected chi connectivity index (χ1v) is 6.91. The van der Waals surface area contributed by atoms with Crippen LogP contribution in [0.4, 0.5) is 0 Å². The first-order chi connectivity index (χ1) is 9.55. The van der Waals surface area contributed by atoms with Gasteiger partial charge < -0.3 is 9.57 Å². The normalized spacial score (nSPS) is 22.4. The van der Waals surface area contributed by atoms with Crippen molar-refractivity contribution >= 4 is 11.7 Å². The van der Waals surface area contributed by atoms with E-state index in [0.29, 0.717) is 0 Å². The Labute approximate surface area is 119 Å². The summed E-state index contributed by atoms with van der Waals surface area (Å²) in [5.74, 6) is -0.375. The van der Waals surface area contributed by atoms with Crippen LogP contribution in [0, 0.1) is 6.92 Å². The second kappa shape index (κ2) is 6.18. The van der Waals surface area contributed by atoms with Crippen molar-refractivity contribution < 1.29 is 14.4 Å². The van der Waals surface area contributed by atoms with Gasteiger partial charge in [-0.3, -0.25) is 0 Å². The van der Waals surface area contributed by atoms with Gasteiger partial charge in [-0.15, -0.1) is 0 Å². The molecule has 0 N–H and O–H groups in total. The molecule has 0 saturated heterocycles. The minimum absolute atomic E-state index is 0.247. The van der Waals surface area contributed by atoms with E-state index in [0.717, 1.165) is 31.4 Å². The number of methoxy groups -OCH3 is 1. The summed E-state index contributed by atoms with van der Waals surface area (Å²) in [6.07, 6.45) is 3.28. The van der Waals surface area contributed by atoms with Crippen molar-refractivity contribution in [2.24, 2.45) is 5.16 Å². The summed E-state index contributed by atoms with van der Waals surface area (Å²) in [7, 11) is 1.76. The van der Waals surface area contributed by atoms with E-state index in [1.807, 2.05) is 0 Å². The van der Waals surface area contributed by atoms with Gasteiger partial charge in [0.2, 0.25) is 0 Å². The second-order valence-electron chi connectivity index (χ2n) is 5.30. The van der Waals surface area contributed by atoms with Gasteiger partial charge in [0.15, 0.2) is 0 Å². The molecule has 0 spiro atoms. The monoisotopic (exact) mass is 275 g/mol. The molecule has 2 rings (SSSR count). The fraction of sp³-hybridized carbons (Fsp3) is 0.500. The summed E-state index contributed by atoms with van der Waals surface area (Å²) in [6.45, 7) is 3.44. The Kier molecular flexibility index (Phi) is 4.55. The fourth-order valence-electron chi connectivity index (χ4n) is 2.63. The molecule has 0 unspecified atom stereocenters. The van der Waals surface area contributed by atoms with Crippen molar-refractivity contribution in [1.29, 1.82) is 0 Å². The molecule has 1 aromatic rings. The number of carbonyl (C=O) groups excluding carboxylic acids is 1. The van der Waals surface area contributed by atoms with Crippen LogP contribution in [0.15, 0.2) is 29.4 Å². The van der Waals surface area contributed by atoms with Crippen molar-refractivity contribution in [3.8, 4) is 0 Å². The largest absolute Gasteiger partial charge is 0.374 e. The fourth-order valence-corrected chi connectivity index (χ4v) is 2.63. The predicted octanol–water partition coefficient (Wildman–Crippen LogP) is 3.33. The standard InChI is InChI=1S/C16H21NO3/c1-12-4-6-14(7-5-12)16(19-3)10-8-15(9-11-16)17-20-13(2)18/h4-7H,8-11H2,1-3H3. The van der Waals surface area contributed by atoms with Crippen LogP contribution >= 0.6 is 0 Å². The molecule has 0 heterocycles. The number of aryl methyl sites for hydroxylation is 1. The van der Waals surface area contributed by atoms with E-state index in [2.05, 4.69) is 36.3 Å². The number of ether oxygens (including phenoxy) is 1. The lowest BCUT2D eigenvalue weighted by Gasteiger charge is -2.36. The SMILES string of the molecule is COC1(c2ccc(C)cc2)CCC(=NOC(C)=O)CC1. The molecule has 1 fully saturated rings. The number of rotatable bonds is 3. The summed E-state index contributed by atoms with van der Waals surface area (Å²) in [6, 6.07) is 8.48. The second-order valence-corrected chi connectivity index (χ2v) is 5.30. The van der Waals surface area contributed by atoms with E-state index in [4.69, 9.17) is 9.57 Å². The highest BCUT2D eigenvalue weighted by Crippen LogP contribution is 2.39. The first-order valence-electron chi connectivity index (χ1n) is 6.91. The summed E-state index contributed by atoms with van der Waals surface area (Å²) >= 11 is 0. The van der Waals surface area contributed by atoms with Crippen molar-refractivity contribution in [2.45, 2.75) is 45.1 Å². The van der Waals surface area contributed by atoms with Crippen LogP contribution in [0.25, 0.3) is 0 Å².